The van der Waals surface area contributed by atoms with Gasteiger partial charge in [0.1, 0.15) is 5.78 Å². The number of carbonyl (C=O) groups excluding carboxylic acids is 1. The van der Waals surface area contributed by atoms with Crippen LogP contribution >= 0.6 is 0 Å². The molecule has 1 aromatic rings. The van der Waals surface area contributed by atoms with Crippen molar-refractivity contribution in [1.82, 2.24) is 4.72 Å². The van der Waals surface area contributed by atoms with Crippen molar-refractivity contribution in [2.45, 2.75) is 18.7 Å². The Morgan fingerprint density at radius 2 is 2.12 bits per heavy atom. The number of rotatable bonds is 4. The number of nitriles is 1. The van der Waals surface area contributed by atoms with Crippen LogP contribution in [0.5, 0.6) is 0 Å². The number of carbonyl (C=O) groups is 1. The molecule has 0 unspecified atom stereocenters. The molecule has 0 bridgehead atoms. The number of hydrogen-bond donors (Lipinski definition) is 1. The maximum absolute atomic E-state index is 11.7. The van der Waals surface area contributed by atoms with Crippen molar-refractivity contribution in [2.24, 2.45) is 0 Å². The predicted octanol–water partition coefficient (Wildman–Crippen LogP) is 0.734. The van der Waals surface area contributed by atoms with E-state index >= 15 is 0 Å². The zero-order chi connectivity index (χ0) is 13.1. The SMILES string of the molecule is CC(=O)CNS(=O)(=O)c1ccc(C#N)c(C)c1. The summed E-state index contributed by atoms with van der Waals surface area (Å²) in [5.41, 5.74) is 1.01. The van der Waals surface area contributed by atoms with Crippen molar-refractivity contribution in [3.8, 4) is 6.07 Å². The minimum absolute atomic E-state index is 0.0512. The molecular weight excluding hydrogens is 240 g/mol. The summed E-state index contributed by atoms with van der Waals surface area (Å²) in [7, 11) is -3.68. The summed E-state index contributed by atoms with van der Waals surface area (Å²) in [6.45, 7) is 2.72. The van der Waals surface area contributed by atoms with Gasteiger partial charge in [-0.15, -0.1) is 0 Å². The van der Waals surface area contributed by atoms with E-state index in [9.17, 15) is 13.2 Å². The van der Waals surface area contributed by atoms with Gasteiger partial charge in [-0.2, -0.15) is 5.26 Å². The van der Waals surface area contributed by atoms with E-state index in [1.807, 2.05) is 6.07 Å². The monoisotopic (exact) mass is 252 g/mol. The fourth-order valence-electron chi connectivity index (χ4n) is 1.21. The highest BCUT2D eigenvalue weighted by Crippen LogP contribution is 2.14. The van der Waals surface area contributed by atoms with Crippen molar-refractivity contribution in [3.05, 3.63) is 29.3 Å². The van der Waals surface area contributed by atoms with Gasteiger partial charge in [-0.25, -0.2) is 13.1 Å². The number of hydrogen-bond acceptors (Lipinski definition) is 4. The third-order valence-electron chi connectivity index (χ3n) is 2.14. The molecule has 17 heavy (non-hydrogen) atoms. The highest BCUT2D eigenvalue weighted by Gasteiger charge is 2.15. The molecule has 1 N–H and O–H groups in total. The molecule has 0 saturated heterocycles. The zero-order valence-corrected chi connectivity index (χ0v) is 10.3. The van der Waals surface area contributed by atoms with Crippen LogP contribution in [0.4, 0.5) is 0 Å². The van der Waals surface area contributed by atoms with Crippen molar-refractivity contribution in [2.75, 3.05) is 6.54 Å². The first-order chi connectivity index (χ1) is 7.86. The van der Waals surface area contributed by atoms with E-state index in [4.69, 9.17) is 5.26 Å². The van der Waals surface area contributed by atoms with E-state index in [1.165, 1.54) is 25.1 Å². The van der Waals surface area contributed by atoms with Crippen LogP contribution < -0.4 is 4.72 Å². The van der Waals surface area contributed by atoms with Gasteiger partial charge in [0.15, 0.2) is 0 Å². The van der Waals surface area contributed by atoms with Crippen LogP contribution in [0.15, 0.2) is 23.1 Å². The lowest BCUT2D eigenvalue weighted by atomic mass is 10.1. The highest BCUT2D eigenvalue weighted by molar-refractivity contribution is 7.89. The fourth-order valence-corrected chi connectivity index (χ4v) is 2.35. The third-order valence-corrected chi connectivity index (χ3v) is 3.54. The number of benzene rings is 1. The third kappa shape index (κ3) is 3.37. The molecule has 1 aromatic carbocycles. The summed E-state index contributed by atoms with van der Waals surface area (Å²) in [5.74, 6) is -0.265. The smallest absolute Gasteiger partial charge is 0.240 e. The molecule has 90 valence electrons. The summed E-state index contributed by atoms with van der Waals surface area (Å²) in [5, 5.41) is 8.73. The van der Waals surface area contributed by atoms with Crippen LogP contribution in [0.3, 0.4) is 0 Å². The van der Waals surface area contributed by atoms with Crippen LogP contribution in [-0.2, 0) is 14.8 Å². The molecule has 1 rings (SSSR count). The molecule has 0 spiro atoms. The maximum atomic E-state index is 11.7. The molecule has 0 saturated carbocycles. The number of nitrogens with one attached hydrogen (secondary N) is 1. The molecule has 0 aliphatic rings. The van der Waals surface area contributed by atoms with Crippen molar-refractivity contribution >= 4 is 15.8 Å². The molecule has 0 aliphatic heterocycles. The van der Waals surface area contributed by atoms with Gasteiger partial charge >= 0.3 is 0 Å². The zero-order valence-electron chi connectivity index (χ0n) is 9.52. The number of sulfonamides is 1. The van der Waals surface area contributed by atoms with Gasteiger partial charge in [0.25, 0.3) is 0 Å². The summed E-state index contributed by atoms with van der Waals surface area (Å²) in [6, 6.07) is 6.14. The Bertz CT molecular complexity index is 585. The van der Waals surface area contributed by atoms with E-state index in [2.05, 4.69) is 4.72 Å². The molecule has 0 amide bonds. The molecular formula is C11H12N2O3S. The normalized spacial score (nSPS) is 10.9. The number of Topliss-reactive ketones (excluding diaryl/α,β-unsaturated/α-hetero) is 1. The first kappa shape index (κ1) is 13.4. The van der Waals surface area contributed by atoms with Crippen LogP contribution in [0.25, 0.3) is 0 Å². The molecule has 0 radical (unpaired) electrons. The number of aryl methyl sites for hydroxylation is 1. The Hall–Kier alpha value is -1.71. The Labute approximate surface area is 100 Å². The lowest BCUT2D eigenvalue weighted by molar-refractivity contribution is -0.115. The topological polar surface area (TPSA) is 87.0 Å². The summed E-state index contributed by atoms with van der Waals surface area (Å²) in [6.07, 6.45) is 0. The van der Waals surface area contributed by atoms with Gasteiger partial charge in [-0.05, 0) is 37.6 Å². The van der Waals surface area contributed by atoms with Gasteiger partial charge < -0.3 is 0 Å². The molecule has 0 aromatic heterocycles. The van der Waals surface area contributed by atoms with E-state index in [-0.39, 0.29) is 17.2 Å². The van der Waals surface area contributed by atoms with Crippen molar-refractivity contribution in [3.63, 3.8) is 0 Å². The molecule has 0 aliphatic carbocycles. The van der Waals surface area contributed by atoms with Crippen molar-refractivity contribution < 1.29 is 13.2 Å². The van der Waals surface area contributed by atoms with Crippen LogP contribution in [-0.4, -0.2) is 20.7 Å². The minimum Gasteiger partial charge on any atom is -0.299 e. The second-order valence-electron chi connectivity index (χ2n) is 3.62. The Kier molecular flexibility index (Phi) is 3.99. The molecule has 0 heterocycles. The summed E-state index contributed by atoms with van der Waals surface area (Å²) in [4.78, 5) is 10.8. The Balaban J connectivity index is 3.05. The molecule has 0 atom stereocenters. The second-order valence-corrected chi connectivity index (χ2v) is 5.38. The minimum atomic E-state index is -3.68. The lowest BCUT2D eigenvalue weighted by Crippen LogP contribution is -2.28. The van der Waals surface area contributed by atoms with Crippen LogP contribution in [0, 0.1) is 18.3 Å². The average Bonchev–Trinajstić information content (AvgIpc) is 2.26. The highest BCUT2D eigenvalue weighted by atomic mass is 32.2. The second kappa shape index (κ2) is 5.08. The van der Waals surface area contributed by atoms with Gasteiger partial charge in [0.2, 0.25) is 10.0 Å². The standard InChI is InChI=1S/C11H12N2O3S/c1-8-5-11(4-3-10(8)6-12)17(15,16)13-7-9(2)14/h3-5,13H,7H2,1-2H3. The van der Waals surface area contributed by atoms with Gasteiger partial charge in [-0.1, -0.05) is 0 Å². The van der Waals surface area contributed by atoms with E-state index in [1.54, 1.807) is 6.92 Å². The van der Waals surface area contributed by atoms with Crippen LogP contribution in [0.2, 0.25) is 0 Å². The summed E-state index contributed by atoms with van der Waals surface area (Å²) >= 11 is 0. The lowest BCUT2D eigenvalue weighted by Gasteiger charge is -2.06. The van der Waals surface area contributed by atoms with Crippen LogP contribution in [0.1, 0.15) is 18.1 Å². The largest absolute Gasteiger partial charge is 0.299 e. The number of ketones is 1. The average molecular weight is 252 g/mol. The van der Waals surface area contributed by atoms with Gasteiger partial charge in [0, 0.05) is 0 Å². The van der Waals surface area contributed by atoms with E-state index in [0.29, 0.717) is 11.1 Å². The fraction of sp³-hybridized carbons (Fsp3) is 0.273. The molecule has 5 nitrogen and oxygen atoms in total. The molecule has 0 fully saturated rings. The Morgan fingerprint density at radius 1 is 1.47 bits per heavy atom. The van der Waals surface area contributed by atoms with E-state index in [0.717, 1.165) is 0 Å². The maximum Gasteiger partial charge on any atom is 0.240 e. The number of nitrogens with zero attached hydrogens (tertiary/aromatic N) is 1. The quantitative estimate of drug-likeness (QED) is 0.856. The van der Waals surface area contributed by atoms with Gasteiger partial charge in [-0.3, -0.25) is 4.79 Å². The van der Waals surface area contributed by atoms with E-state index < -0.39 is 10.0 Å². The Morgan fingerprint density at radius 3 is 2.59 bits per heavy atom. The molecule has 6 heteroatoms. The predicted molar refractivity (Wildman–Crippen MR) is 61.8 cm³/mol. The van der Waals surface area contributed by atoms with Crippen molar-refractivity contribution in [1.29, 1.82) is 5.26 Å². The summed E-state index contributed by atoms with van der Waals surface area (Å²) < 4.78 is 25.7. The van der Waals surface area contributed by atoms with Gasteiger partial charge in [0.05, 0.1) is 23.1 Å². The first-order valence-electron chi connectivity index (χ1n) is 4.86. The first-order valence-corrected chi connectivity index (χ1v) is 6.35.